The van der Waals surface area contributed by atoms with Crippen molar-refractivity contribution in [2.24, 2.45) is 0 Å². The van der Waals surface area contributed by atoms with E-state index >= 15 is 0 Å². The molecular formula is C9H8N2O4S2. The summed E-state index contributed by atoms with van der Waals surface area (Å²) in [5, 5.41) is 9.91. The van der Waals surface area contributed by atoms with E-state index in [1.54, 1.807) is 5.38 Å². The summed E-state index contributed by atoms with van der Waals surface area (Å²) < 4.78 is 0. The number of thiazole rings is 1. The van der Waals surface area contributed by atoms with Crippen LogP contribution in [0, 0.1) is 0 Å². The van der Waals surface area contributed by atoms with Gasteiger partial charge in [-0.2, -0.15) is 0 Å². The first-order chi connectivity index (χ1) is 8.08. The number of carboxylic acids is 1. The summed E-state index contributed by atoms with van der Waals surface area (Å²) in [6, 6.07) is 0. The maximum atomic E-state index is 11.5. The van der Waals surface area contributed by atoms with Gasteiger partial charge in [0.25, 0.3) is 5.24 Å². The summed E-state index contributed by atoms with van der Waals surface area (Å²) in [5.74, 6) is -0.837. The standard InChI is InChI=1S/C9H8N2O4S2/c12-6-1-2-16-9(15)11(6)3-5-4-17-7(10-5)8(13)14/h4H,1-3H2,(H,13,14). The summed E-state index contributed by atoms with van der Waals surface area (Å²) in [6.07, 6.45) is 0.326. The molecule has 0 spiro atoms. The number of hydrogen-bond donors (Lipinski definition) is 1. The number of amides is 2. The summed E-state index contributed by atoms with van der Waals surface area (Å²) in [6.45, 7) is 0.0500. The van der Waals surface area contributed by atoms with Gasteiger partial charge in [0.15, 0.2) is 0 Å². The second kappa shape index (κ2) is 4.84. The predicted octanol–water partition coefficient (Wildman–Crippen LogP) is 1.43. The smallest absolute Gasteiger partial charge is 0.365 e. The number of carboxylic acid groups (broad SMARTS) is 1. The third kappa shape index (κ3) is 2.64. The van der Waals surface area contributed by atoms with Gasteiger partial charge in [0, 0.05) is 17.6 Å². The van der Waals surface area contributed by atoms with Gasteiger partial charge in [-0.15, -0.1) is 11.3 Å². The molecule has 0 atom stereocenters. The van der Waals surface area contributed by atoms with E-state index in [4.69, 9.17) is 5.11 Å². The van der Waals surface area contributed by atoms with E-state index in [1.165, 1.54) is 0 Å². The fourth-order valence-electron chi connectivity index (χ4n) is 1.33. The number of aromatic nitrogens is 1. The number of thioether (sulfide) groups is 1. The first kappa shape index (κ1) is 12.1. The number of carbonyl (C=O) groups excluding carboxylic acids is 2. The van der Waals surface area contributed by atoms with Gasteiger partial charge in [-0.3, -0.25) is 14.5 Å². The van der Waals surface area contributed by atoms with Crippen LogP contribution in [0.3, 0.4) is 0 Å². The summed E-state index contributed by atoms with van der Waals surface area (Å²) >= 11 is 2.07. The summed E-state index contributed by atoms with van der Waals surface area (Å²) in [4.78, 5) is 38.6. The van der Waals surface area contributed by atoms with Crippen LogP contribution in [0.4, 0.5) is 4.79 Å². The van der Waals surface area contributed by atoms with Crippen LogP contribution in [0.2, 0.25) is 0 Å². The molecule has 0 aliphatic carbocycles. The van der Waals surface area contributed by atoms with Crippen molar-refractivity contribution in [1.82, 2.24) is 9.88 Å². The molecule has 1 saturated heterocycles. The van der Waals surface area contributed by atoms with Gasteiger partial charge in [0.2, 0.25) is 10.9 Å². The molecule has 8 heteroatoms. The minimum atomic E-state index is -1.10. The molecular weight excluding hydrogens is 264 g/mol. The van der Waals surface area contributed by atoms with Gasteiger partial charge >= 0.3 is 5.97 Å². The summed E-state index contributed by atoms with van der Waals surface area (Å²) in [5.41, 5.74) is 0.427. The van der Waals surface area contributed by atoms with Crippen molar-refractivity contribution in [3.63, 3.8) is 0 Å². The van der Waals surface area contributed by atoms with Crippen molar-refractivity contribution >= 4 is 40.2 Å². The van der Waals surface area contributed by atoms with Gasteiger partial charge < -0.3 is 5.11 Å². The Morgan fingerprint density at radius 2 is 2.29 bits per heavy atom. The molecule has 90 valence electrons. The lowest BCUT2D eigenvalue weighted by molar-refractivity contribution is -0.128. The Hall–Kier alpha value is -1.41. The average Bonchev–Trinajstić information content (AvgIpc) is 2.72. The number of nitrogens with zero attached hydrogens (tertiary/aromatic N) is 2. The van der Waals surface area contributed by atoms with Gasteiger partial charge in [-0.05, 0) is 0 Å². The molecule has 2 amide bonds. The molecule has 2 rings (SSSR count). The molecule has 0 aromatic carbocycles. The van der Waals surface area contributed by atoms with Crippen LogP contribution in [0.25, 0.3) is 0 Å². The molecule has 1 aliphatic heterocycles. The highest BCUT2D eigenvalue weighted by atomic mass is 32.2. The fourth-order valence-corrected chi connectivity index (χ4v) is 2.75. The van der Waals surface area contributed by atoms with Crippen molar-refractivity contribution in [3.8, 4) is 0 Å². The monoisotopic (exact) mass is 272 g/mol. The molecule has 0 unspecified atom stereocenters. The minimum absolute atomic E-state index is 0.0374. The van der Waals surface area contributed by atoms with E-state index in [0.717, 1.165) is 28.0 Å². The van der Waals surface area contributed by atoms with Crippen LogP contribution in [-0.2, 0) is 11.3 Å². The lowest BCUT2D eigenvalue weighted by atomic mass is 10.3. The largest absolute Gasteiger partial charge is 0.476 e. The second-order valence-electron chi connectivity index (χ2n) is 3.29. The highest BCUT2D eigenvalue weighted by Crippen LogP contribution is 2.21. The maximum Gasteiger partial charge on any atom is 0.365 e. The lowest BCUT2D eigenvalue weighted by Gasteiger charge is -2.22. The van der Waals surface area contributed by atoms with Crippen LogP contribution in [0.1, 0.15) is 21.9 Å². The lowest BCUT2D eigenvalue weighted by Crippen LogP contribution is -2.37. The quantitative estimate of drug-likeness (QED) is 0.895. The number of aromatic carboxylic acids is 1. The van der Waals surface area contributed by atoms with Crippen LogP contribution in [0.5, 0.6) is 0 Å². The average molecular weight is 272 g/mol. The zero-order valence-corrected chi connectivity index (χ0v) is 10.2. The molecule has 17 heavy (non-hydrogen) atoms. The normalized spacial score (nSPS) is 16.4. The Labute approximate surface area is 105 Å². The van der Waals surface area contributed by atoms with Crippen molar-refractivity contribution in [2.45, 2.75) is 13.0 Å². The molecule has 1 N–H and O–H groups in total. The Balaban J connectivity index is 2.11. The molecule has 1 fully saturated rings. The van der Waals surface area contributed by atoms with Gasteiger partial charge in [-0.25, -0.2) is 9.78 Å². The number of imide groups is 1. The van der Waals surface area contributed by atoms with Crippen molar-refractivity contribution in [2.75, 3.05) is 5.75 Å². The zero-order valence-electron chi connectivity index (χ0n) is 8.58. The van der Waals surface area contributed by atoms with Gasteiger partial charge in [0.05, 0.1) is 12.2 Å². The van der Waals surface area contributed by atoms with E-state index in [1.807, 2.05) is 0 Å². The SMILES string of the molecule is O=C(O)c1nc(CN2C(=O)CCSC2=O)cs1. The third-order valence-corrected chi connectivity index (χ3v) is 3.87. The molecule has 1 aromatic rings. The predicted molar refractivity (Wildman–Crippen MR) is 62.1 cm³/mol. The van der Waals surface area contributed by atoms with E-state index in [9.17, 15) is 14.4 Å². The second-order valence-corrected chi connectivity index (χ2v) is 5.20. The molecule has 6 nitrogen and oxygen atoms in total. The highest BCUT2D eigenvalue weighted by Gasteiger charge is 2.27. The fraction of sp³-hybridized carbons (Fsp3) is 0.333. The number of carbonyl (C=O) groups is 3. The van der Waals surface area contributed by atoms with Crippen LogP contribution in [-0.4, -0.2) is 37.9 Å². The highest BCUT2D eigenvalue weighted by molar-refractivity contribution is 8.13. The van der Waals surface area contributed by atoms with Crippen LogP contribution in [0.15, 0.2) is 5.38 Å². The van der Waals surface area contributed by atoms with E-state index < -0.39 is 5.97 Å². The molecule has 1 aromatic heterocycles. The van der Waals surface area contributed by atoms with Crippen molar-refractivity contribution < 1.29 is 19.5 Å². The number of hydrogen-bond acceptors (Lipinski definition) is 6. The van der Waals surface area contributed by atoms with Crippen molar-refractivity contribution in [1.29, 1.82) is 0 Å². The Morgan fingerprint density at radius 3 is 2.88 bits per heavy atom. The van der Waals surface area contributed by atoms with Crippen molar-refractivity contribution in [3.05, 3.63) is 16.1 Å². The topological polar surface area (TPSA) is 87.6 Å². The molecule has 0 saturated carbocycles. The van der Waals surface area contributed by atoms with Gasteiger partial charge in [-0.1, -0.05) is 11.8 Å². The van der Waals surface area contributed by atoms with Crippen LogP contribution >= 0.6 is 23.1 Å². The number of rotatable bonds is 3. The first-order valence-electron chi connectivity index (χ1n) is 4.73. The summed E-state index contributed by atoms with van der Waals surface area (Å²) in [7, 11) is 0. The Bertz CT molecular complexity index is 469. The maximum absolute atomic E-state index is 11.5. The Morgan fingerprint density at radius 1 is 1.53 bits per heavy atom. The third-order valence-electron chi connectivity index (χ3n) is 2.12. The van der Waals surface area contributed by atoms with E-state index in [-0.39, 0.29) is 22.7 Å². The molecule has 0 radical (unpaired) electrons. The Kier molecular flexibility index (Phi) is 3.43. The van der Waals surface area contributed by atoms with Crippen LogP contribution < -0.4 is 0 Å². The first-order valence-corrected chi connectivity index (χ1v) is 6.59. The van der Waals surface area contributed by atoms with E-state index in [2.05, 4.69) is 4.98 Å². The molecule has 2 heterocycles. The van der Waals surface area contributed by atoms with Gasteiger partial charge in [0.1, 0.15) is 0 Å². The molecule has 0 bridgehead atoms. The zero-order chi connectivity index (χ0) is 12.4. The molecule has 1 aliphatic rings. The van der Waals surface area contributed by atoms with E-state index in [0.29, 0.717) is 17.9 Å². The minimum Gasteiger partial charge on any atom is -0.476 e.